The quantitative estimate of drug-likeness (QED) is 0.808. The Labute approximate surface area is 112 Å². The molecule has 0 aromatic carbocycles. The molecule has 2 N–H and O–H groups in total. The Morgan fingerprint density at radius 1 is 1.63 bits per heavy atom. The number of aryl methyl sites for hydroxylation is 1. The summed E-state index contributed by atoms with van der Waals surface area (Å²) in [7, 11) is -3.63. The average Bonchev–Trinajstić information content (AvgIpc) is 2.74. The van der Waals surface area contributed by atoms with E-state index < -0.39 is 21.7 Å². The summed E-state index contributed by atoms with van der Waals surface area (Å²) in [5.74, 6) is 0.546. The molecule has 0 bridgehead atoms. The fraction of sp³-hybridized carbons (Fsp3) is 0.727. The molecule has 1 aliphatic rings. The second kappa shape index (κ2) is 4.86. The third-order valence-electron chi connectivity index (χ3n) is 2.95. The lowest BCUT2D eigenvalue weighted by molar-refractivity contribution is -0.131. The van der Waals surface area contributed by atoms with E-state index >= 15 is 0 Å². The first-order valence-electron chi connectivity index (χ1n) is 6.05. The summed E-state index contributed by atoms with van der Waals surface area (Å²) in [6.45, 7) is 5.46. The highest BCUT2D eigenvalue weighted by Crippen LogP contribution is 2.25. The molecule has 1 aromatic rings. The summed E-state index contributed by atoms with van der Waals surface area (Å²) < 4.78 is 31.9. The van der Waals surface area contributed by atoms with Gasteiger partial charge in [0.2, 0.25) is 0 Å². The summed E-state index contributed by atoms with van der Waals surface area (Å²) >= 11 is 0. The summed E-state index contributed by atoms with van der Waals surface area (Å²) in [6, 6.07) is 0. The van der Waals surface area contributed by atoms with E-state index in [0.29, 0.717) is 5.82 Å². The Morgan fingerprint density at radius 3 is 2.84 bits per heavy atom. The van der Waals surface area contributed by atoms with Gasteiger partial charge in [-0.2, -0.15) is 4.31 Å². The molecule has 1 atom stereocenters. The number of morpholine rings is 1. The molecular weight excluding hydrogens is 270 g/mol. The van der Waals surface area contributed by atoms with Crippen LogP contribution in [0, 0.1) is 6.92 Å². The predicted octanol–water partition coefficient (Wildman–Crippen LogP) is -0.121. The second-order valence-electron chi connectivity index (χ2n) is 5.31. The lowest BCUT2D eigenvalue weighted by Gasteiger charge is -2.41. The van der Waals surface area contributed by atoms with E-state index in [1.165, 1.54) is 10.5 Å². The van der Waals surface area contributed by atoms with Crippen LogP contribution in [-0.2, 0) is 14.8 Å². The first-order valence-corrected chi connectivity index (χ1v) is 7.49. The van der Waals surface area contributed by atoms with Gasteiger partial charge in [0, 0.05) is 13.1 Å². The summed E-state index contributed by atoms with van der Waals surface area (Å²) in [4.78, 5) is 6.64. The van der Waals surface area contributed by atoms with E-state index in [0.717, 1.165) is 0 Å². The summed E-state index contributed by atoms with van der Waals surface area (Å²) in [6.07, 6.45) is 0.795. The van der Waals surface area contributed by atoms with Crippen molar-refractivity contribution < 1.29 is 18.3 Å². The van der Waals surface area contributed by atoms with Crippen molar-refractivity contribution >= 4 is 10.0 Å². The minimum absolute atomic E-state index is 0.0689. The summed E-state index contributed by atoms with van der Waals surface area (Å²) in [5.41, 5.74) is -0.631. The van der Waals surface area contributed by atoms with Crippen LogP contribution >= 0.6 is 0 Å². The maximum Gasteiger partial charge on any atom is 0.260 e. The number of imidazole rings is 1. The zero-order valence-electron chi connectivity index (χ0n) is 11.3. The number of aliphatic hydroxyl groups is 1. The molecule has 1 saturated heterocycles. The molecule has 2 rings (SSSR count). The molecular formula is C11H19N3O4S. The number of sulfonamides is 1. The highest BCUT2D eigenvalue weighted by atomic mass is 32.2. The van der Waals surface area contributed by atoms with Gasteiger partial charge in [0.05, 0.1) is 24.5 Å². The lowest BCUT2D eigenvalue weighted by atomic mass is 10.1. The fourth-order valence-corrected chi connectivity index (χ4v) is 3.77. The monoisotopic (exact) mass is 289 g/mol. The number of aromatic amines is 1. The van der Waals surface area contributed by atoms with Gasteiger partial charge < -0.3 is 14.8 Å². The lowest BCUT2D eigenvalue weighted by Crippen LogP contribution is -2.55. The first kappa shape index (κ1) is 14.4. The van der Waals surface area contributed by atoms with Crippen LogP contribution in [0.1, 0.15) is 19.7 Å². The van der Waals surface area contributed by atoms with Crippen LogP contribution in [-0.4, -0.2) is 59.2 Å². The van der Waals surface area contributed by atoms with E-state index in [2.05, 4.69) is 9.97 Å². The van der Waals surface area contributed by atoms with Crippen LogP contribution in [0.3, 0.4) is 0 Å². The van der Waals surface area contributed by atoms with Crippen LogP contribution in [0.2, 0.25) is 0 Å². The number of hydrogen-bond acceptors (Lipinski definition) is 5. The number of nitrogens with zero attached hydrogens (tertiary/aromatic N) is 2. The molecule has 0 spiro atoms. The predicted molar refractivity (Wildman–Crippen MR) is 68.1 cm³/mol. The smallest absolute Gasteiger partial charge is 0.260 e. The molecule has 0 saturated carbocycles. The largest absolute Gasteiger partial charge is 0.394 e. The van der Waals surface area contributed by atoms with Gasteiger partial charge in [-0.15, -0.1) is 0 Å². The Hall–Kier alpha value is -0.960. The van der Waals surface area contributed by atoms with Gasteiger partial charge in [0.25, 0.3) is 10.0 Å². The number of aliphatic hydroxyl groups excluding tert-OH is 1. The van der Waals surface area contributed by atoms with Crippen molar-refractivity contribution in [3.05, 3.63) is 12.0 Å². The first-order chi connectivity index (χ1) is 8.74. The van der Waals surface area contributed by atoms with Gasteiger partial charge >= 0.3 is 0 Å². The molecule has 0 radical (unpaired) electrons. The molecule has 7 nitrogen and oxygen atoms in total. The van der Waals surface area contributed by atoms with Gasteiger partial charge in [-0.25, -0.2) is 13.4 Å². The van der Waals surface area contributed by atoms with Gasteiger partial charge in [0.1, 0.15) is 5.82 Å². The molecule has 8 heteroatoms. The molecule has 108 valence electrons. The minimum atomic E-state index is -3.63. The number of rotatable bonds is 3. The Bertz CT molecular complexity index is 552. The van der Waals surface area contributed by atoms with E-state index in [9.17, 15) is 13.5 Å². The van der Waals surface area contributed by atoms with E-state index in [-0.39, 0.29) is 24.7 Å². The van der Waals surface area contributed by atoms with Crippen molar-refractivity contribution in [2.24, 2.45) is 0 Å². The molecule has 0 amide bonds. The van der Waals surface area contributed by atoms with Crippen molar-refractivity contribution in [1.82, 2.24) is 14.3 Å². The van der Waals surface area contributed by atoms with Crippen molar-refractivity contribution in [2.45, 2.75) is 37.5 Å². The van der Waals surface area contributed by atoms with Crippen molar-refractivity contribution in [3.63, 3.8) is 0 Å². The van der Waals surface area contributed by atoms with Crippen LogP contribution in [0.25, 0.3) is 0 Å². The minimum Gasteiger partial charge on any atom is -0.394 e. The molecule has 19 heavy (non-hydrogen) atoms. The van der Waals surface area contributed by atoms with E-state index in [4.69, 9.17) is 4.74 Å². The number of hydrogen-bond donors (Lipinski definition) is 2. The van der Waals surface area contributed by atoms with E-state index in [1.54, 1.807) is 20.8 Å². The fourth-order valence-electron chi connectivity index (χ4n) is 2.19. The van der Waals surface area contributed by atoms with Crippen LogP contribution in [0.15, 0.2) is 11.2 Å². The SMILES string of the molecule is Cc1ncc(S(=O)(=O)N2CC(CO)OC(C)(C)C2)[nH]1. The number of ether oxygens (including phenoxy) is 1. The highest BCUT2D eigenvalue weighted by molar-refractivity contribution is 7.89. The Kier molecular flexibility index (Phi) is 3.69. The molecule has 1 unspecified atom stereocenters. The zero-order chi connectivity index (χ0) is 14.3. The Balaban J connectivity index is 2.29. The number of aromatic nitrogens is 2. The molecule has 1 aromatic heterocycles. The topological polar surface area (TPSA) is 95.5 Å². The number of nitrogens with one attached hydrogen (secondary N) is 1. The number of H-pyrrole nitrogens is 1. The Morgan fingerprint density at radius 2 is 2.32 bits per heavy atom. The third kappa shape index (κ3) is 2.97. The van der Waals surface area contributed by atoms with Crippen LogP contribution in [0.4, 0.5) is 0 Å². The van der Waals surface area contributed by atoms with Crippen molar-refractivity contribution in [3.8, 4) is 0 Å². The average molecular weight is 289 g/mol. The van der Waals surface area contributed by atoms with Gasteiger partial charge in [-0.05, 0) is 20.8 Å². The molecule has 1 fully saturated rings. The standard InChI is InChI=1S/C11H19N3O4S/c1-8-12-4-10(13-8)19(16,17)14-5-9(6-15)18-11(2,3)7-14/h4,9,15H,5-7H2,1-3H3,(H,12,13). The maximum atomic E-state index is 12.5. The summed E-state index contributed by atoms with van der Waals surface area (Å²) in [5, 5.41) is 9.28. The molecule has 0 aliphatic carbocycles. The van der Waals surface area contributed by atoms with Gasteiger partial charge in [0.15, 0.2) is 5.03 Å². The van der Waals surface area contributed by atoms with Crippen LogP contribution < -0.4 is 0 Å². The molecule has 1 aliphatic heterocycles. The normalized spacial score (nSPS) is 24.5. The molecule has 2 heterocycles. The van der Waals surface area contributed by atoms with E-state index in [1.807, 2.05) is 0 Å². The second-order valence-corrected chi connectivity index (χ2v) is 7.22. The van der Waals surface area contributed by atoms with Gasteiger partial charge in [-0.1, -0.05) is 0 Å². The zero-order valence-corrected chi connectivity index (χ0v) is 12.1. The highest BCUT2D eigenvalue weighted by Gasteiger charge is 2.39. The van der Waals surface area contributed by atoms with Gasteiger partial charge in [-0.3, -0.25) is 0 Å². The maximum absolute atomic E-state index is 12.5. The van der Waals surface area contributed by atoms with Crippen molar-refractivity contribution in [1.29, 1.82) is 0 Å². The van der Waals surface area contributed by atoms with Crippen molar-refractivity contribution in [2.75, 3.05) is 19.7 Å². The van der Waals surface area contributed by atoms with Crippen LogP contribution in [0.5, 0.6) is 0 Å². The third-order valence-corrected chi connectivity index (χ3v) is 4.67.